The molecule has 2 aromatic rings. The van der Waals surface area contributed by atoms with E-state index in [1.807, 2.05) is 19.1 Å². The lowest BCUT2D eigenvalue weighted by atomic mass is 10.2. The first-order valence-corrected chi connectivity index (χ1v) is 9.88. The summed E-state index contributed by atoms with van der Waals surface area (Å²) in [5.74, 6) is 0. The normalized spacial score (nSPS) is 18.0. The third kappa shape index (κ3) is 4.25. The number of benzene rings is 1. The van der Waals surface area contributed by atoms with Crippen molar-refractivity contribution in [2.45, 2.75) is 30.1 Å². The van der Waals surface area contributed by atoms with E-state index in [1.54, 1.807) is 24.3 Å². The van der Waals surface area contributed by atoms with E-state index in [0.29, 0.717) is 9.90 Å². The summed E-state index contributed by atoms with van der Waals surface area (Å²) in [6.07, 6.45) is 2.48. The second-order valence-electron chi connectivity index (χ2n) is 5.56. The van der Waals surface area contributed by atoms with Gasteiger partial charge in [-0.2, -0.15) is 0 Å². The third-order valence-electron chi connectivity index (χ3n) is 3.68. The van der Waals surface area contributed by atoms with Gasteiger partial charge in [0.1, 0.15) is 4.21 Å². The van der Waals surface area contributed by atoms with E-state index in [9.17, 15) is 8.42 Å². The molecule has 0 aliphatic carbocycles. The summed E-state index contributed by atoms with van der Waals surface area (Å²) in [6.45, 7) is 3.51. The van der Waals surface area contributed by atoms with Crippen LogP contribution in [-0.4, -0.2) is 27.7 Å². The Balaban J connectivity index is 1.60. The lowest BCUT2D eigenvalue weighted by molar-refractivity contribution is 0.120. The zero-order chi connectivity index (χ0) is 16.3. The largest absolute Gasteiger partial charge is 0.382 e. The van der Waals surface area contributed by atoms with Gasteiger partial charge in [0.2, 0.25) is 0 Å². The van der Waals surface area contributed by atoms with Gasteiger partial charge in [-0.05, 0) is 56.2 Å². The van der Waals surface area contributed by atoms with Crippen molar-refractivity contribution in [3.8, 4) is 0 Å². The first-order chi connectivity index (χ1) is 11.0. The predicted octanol–water partition coefficient (Wildman–Crippen LogP) is 3.45. The second kappa shape index (κ2) is 6.90. The van der Waals surface area contributed by atoms with Gasteiger partial charge in [0.15, 0.2) is 0 Å². The molecule has 0 spiro atoms. The maximum Gasteiger partial charge on any atom is 0.271 e. The highest BCUT2D eigenvalue weighted by Gasteiger charge is 2.17. The topological polar surface area (TPSA) is 67.4 Å². The lowest BCUT2D eigenvalue weighted by Crippen LogP contribution is -2.18. The van der Waals surface area contributed by atoms with Crippen molar-refractivity contribution < 1.29 is 13.2 Å². The lowest BCUT2D eigenvalue weighted by Gasteiger charge is -2.12. The summed E-state index contributed by atoms with van der Waals surface area (Å²) in [5, 5.41) is 3.31. The van der Waals surface area contributed by atoms with Crippen LogP contribution in [0, 0.1) is 6.92 Å². The molecule has 1 unspecified atom stereocenters. The molecule has 1 aromatic carbocycles. The van der Waals surface area contributed by atoms with Gasteiger partial charge in [-0.1, -0.05) is 0 Å². The van der Waals surface area contributed by atoms with Crippen molar-refractivity contribution in [2.24, 2.45) is 0 Å². The molecular weight excluding hydrogens is 332 g/mol. The molecule has 0 radical (unpaired) electrons. The Labute approximate surface area is 140 Å². The second-order valence-corrected chi connectivity index (χ2v) is 8.76. The molecular formula is C16H20N2O3S2. The predicted molar refractivity (Wildman–Crippen MR) is 93.8 cm³/mol. The van der Waals surface area contributed by atoms with Crippen LogP contribution in [0.15, 0.2) is 40.6 Å². The van der Waals surface area contributed by atoms with E-state index in [1.165, 1.54) is 11.3 Å². The van der Waals surface area contributed by atoms with Crippen LogP contribution in [0.3, 0.4) is 0 Å². The van der Waals surface area contributed by atoms with Crippen LogP contribution in [0.2, 0.25) is 0 Å². The van der Waals surface area contributed by atoms with Crippen molar-refractivity contribution in [1.29, 1.82) is 0 Å². The van der Waals surface area contributed by atoms with Gasteiger partial charge < -0.3 is 10.1 Å². The van der Waals surface area contributed by atoms with Crippen LogP contribution in [0.1, 0.15) is 17.7 Å². The number of nitrogens with one attached hydrogen (secondary N) is 2. The molecule has 1 aliphatic rings. The summed E-state index contributed by atoms with van der Waals surface area (Å²) < 4.78 is 33.0. The average molecular weight is 352 g/mol. The van der Waals surface area contributed by atoms with Crippen LogP contribution >= 0.6 is 11.3 Å². The van der Waals surface area contributed by atoms with Crippen molar-refractivity contribution in [3.05, 3.63) is 41.3 Å². The first kappa shape index (κ1) is 16.3. The molecule has 2 heterocycles. The highest BCUT2D eigenvalue weighted by molar-refractivity contribution is 7.94. The highest BCUT2D eigenvalue weighted by atomic mass is 32.2. The molecule has 0 amide bonds. The molecule has 1 aromatic heterocycles. The minimum Gasteiger partial charge on any atom is -0.382 e. The molecule has 124 valence electrons. The van der Waals surface area contributed by atoms with Gasteiger partial charge in [-0.25, -0.2) is 8.42 Å². The van der Waals surface area contributed by atoms with Crippen molar-refractivity contribution in [3.63, 3.8) is 0 Å². The molecule has 1 fully saturated rings. The molecule has 1 atom stereocenters. The number of anilines is 2. The smallest absolute Gasteiger partial charge is 0.271 e. The Kier molecular flexibility index (Phi) is 4.89. The number of sulfonamides is 1. The fourth-order valence-corrected chi connectivity index (χ4v) is 4.80. The summed E-state index contributed by atoms with van der Waals surface area (Å²) in [6, 6.07) is 10.7. The molecule has 5 nitrogen and oxygen atoms in total. The number of rotatable bonds is 6. The third-order valence-corrected chi connectivity index (χ3v) is 6.55. The first-order valence-electron chi connectivity index (χ1n) is 7.58. The van der Waals surface area contributed by atoms with Gasteiger partial charge in [0.25, 0.3) is 10.0 Å². The Hall–Kier alpha value is -1.57. The van der Waals surface area contributed by atoms with Crippen LogP contribution in [-0.2, 0) is 14.8 Å². The summed E-state index contributed by atoms with van der Waals surface area (Å²) in [7, 11) is -3.50. The van der Waals surface area contributed by atoms with E-state index in [2.05, 4.69) is 10.0 Å². The molecule has 1 aliphatic heterocycles. The SMILES string of the molecule is Cc1ccc(S(=O)(=O)Nc2ccc(NCC3CCCO3)cc2)s1. The van der Waals surface area contributed by atoms with Crippen molar-refractivity contribution in [1.82, 2.24) is 0 Å². The maximum atomic E-state index is 12.3. The van der Waals surface area contributed by atoms with Gasteiger partial charge in [-0.3, -0.25) is 4.72 Å². The summed E-state index contributed by atoms with van der Waals surface area (Å²) in [4.78, 5) is 0.971. The van der Waals surface area contributed by atoms with E-state index < -0.39 is 10.0 Å². The fourth-order valence-electron chi connectivity index (χ4n) is 2.46. The number of hydrogen-bond donors (Lipinski definition) is 2. The minimum atomic E-state index is -3.50. The quantitative estimate of drug-likeness (QED) is 0.836. The van der Waals surface area contributed by atoms with Crippen LogP contribution in [0.4, 0.5) is 11.4 Å². The fraction of sp³-hybridized carbons (Fsp3) is 0.375. The van der Waals surface area contributed by atoms with Gasteiger partial charge in [0, 0.05) is 29.4 Å². The number of ether oxygens (including phenoxy) is 1. The van der Waals surface area contributed by atoms with Crippen LogP contribution in [0.25, 0.3) is 0 Å². The van der Waals surface area contributed by atoms with Crippen molar-refractivity contribution in [2.75, 3.05) is 23.2 Å². The summed E-state index contributed by atoms with van der Waals surface area (Å²) in [5.41, 5.74) is 1.51. The molecule has 7 heteroatoms. The number of thiophene rings is 1. The van der Waals surface area contributed by atoms with E-state index in [0.717, 1.165) is 36.6 Å². The Morgan fingerprint density at radius 1 is 1.17 bits per heavy atom. The molecule has 0 bridgehead atoms. The Morgan fingerprint density at radius 3 is 2.52 bits per heavy atom. The standard InChI is InChI=1S/C16H20N2O3S2/c1-12-4-9-16(22-12)23(19,20)18-14-7-5-13(6-8-14)17-11-15-3-2-10-21-15/h4-9,15,17-18H,2-3,10-11H2,1H3. The molecule has 1 saturated heterocycles. The van der Waals surface area contributed by atoms with Crippen LogP contribution in [0.5, 0.6) is 0 Å². The summed E-state index contributed by atoms with van der Waals surface area (Å²) >= 11 is 1.26. The van der Waals surface area contributed by atoms with Crippen LogP contribution < -0.4 is 10.0 Å². The zero-order valence-corrected chi connectivity index (χ0v) is 14.5. The number of hydrogen-bond acceptors (Lipinski definition) is 5. The van der Waals surface area contributed by atoms with E-state index >= 15 is 0 Å². The van der Waals surface area contributed by atoms with Gasteiger partial charge in [-0.15, -0.1) is 11.3 Å². The highest BCUT2D eigenvalue weighted by Crippen LogP contribution is 2.24. The Bertz CT molecular complexity index is 748. The van der Waals surface area contributed by atoms with Gasteiger partial charge >= 0.3 is 0 Å². The van der Waals surface area contributed by atoms with E-state index in [-0.39, 0.29) is 6.10 Å². The Morgan fingerprint density at radius 2 is 1.91 bits per heavy atom. The maximum absolute atomic E-state index is 12.3. The van der Waals surface area contributed by atoms with E-state index in [4.69, 9.17) is 4.74 Å². The monoisotopic (exact) mass is 352 g/mol. The number of aryl methyl sites for hydroxylation is 1. The molecule has 2 N–H and O–H groups in total. The average Bonchev–Trinajstić information content (AvgIpc) is 3.18. The molecule has 3 rings (SSSR count). The minimum absolute atomic E-state index is 0.273. The van der Waals surface area contributed by atoms with Crippen molar-refractivity contribution >= 4 is 32.7 Å². The molecule has 23 heavy (non-hydrogen) atoms. The zero-order valence-electron chi connectivity index (χ0n) is 12.9. The van der Waals surface area contributed by atoms with Gasteiger partial charge in [0.05, 0.1) is 6.10 Å². The molecule has 0 saturated carbocycles.